The fraction of sp³-hybridized carbons (Fsp3) is 0.375. The molecule has 1 aromatic heterocycles. The van der Waals surface area contributed by atoms with Gasteiger partial charge in [0, 0.05) is 23.0 Å². The van der Waals surface area contributed by atoms with Gasteiger partial charge in [-0.15, -0.1) is 0 Å². The van der Waals surface area contributed by atoms with Gasteiger partial charge in [-0.05, 0) is 38.0 Å². The summed E-state index contributed by atoms with van der Waals surface area (Å²) in [7, 11) is 0. The van der Waals surface area contributed by atoms with E-state index in [0.29, 0.717) is 27.7 Å². The van der Waals surface area contributed by atoms with Crippen molar-refractivity contribution in [1.82, 2.24) is 9.97 Å². The summed E-state index contributed by atoms with van der Waals surface area (Å²) in [5, 5.41) is 16.6. The Morgan fingerprint density at radius 3 is 2.70 bits per heavy atom. The molecule has 0 bridgehead atoms. The van der Waals surface area contributed by atoms with Gasteiger partial charge in [0.1, 0.15) is 5.82 Å². The fourth-order valence-corrected chi connectivity index (χ4v) is 2.63. The van der Waals surface area contributed by atoms with Gasteiger partial charge in [-0.25, -0.2) is 4.98 Å². The minimum Gasteiger partial charge on any atom is -0.394 e. The highest BCUT2D eigenvalue weighted by Gasteiger charge is 2.26. The maximum atomic E-state index is 9.19. The first-order valence-electron chi connectivity index (χ1n) is 7.53. The zero-order valence-corrected chi connectivity index (χ0v) is 14.2. The smallest absolute Gasteiger partial charge is 0.225 e. The van der Waals surface area contributed by atoms with Gasteiger partial charge in [0.05, 0.1) is 23.0 Å². The Balaban J connectivity index is 1.87. The minimum absolute atomic E-state index is 0.0167. The molecule has 0 amide bonds. The molecule has 1 atom stereocenters. The molecule has 122 valence electrons. The summed E-state index contributed by atoms with van der Waals surface area (Å²) in [5.74, 6) is 1.66. The number of aliphatic hydroxyl groups is 1. The van der Waals surface area contributed by atoms with E-state index < -0.39 is 0 Å². The van der Waals surface area contributed by atoms with Crippen LogP contribution in [0.2, 0.25) is 10.0 Å². The van der Waals surface area contributed by atoms with Crippen molar-refractivity contribution in [3.63, 3.8) is 0 Å². The van der Waals surface area contributed by atoms with Crippen LogP contribution < -0.4 is 10.6 Å². The third kappa shape index (κ3) is 4.25. The second-order valence-electron chi connectivity index (χ2n) is 5.75. The first kappa shape index (κ1) is 16.3. The molecule has 3 rings (SSSR count). The number of hydrogen-bond acceptors (Lipinski definition) is 5. The summed E-state index contributed by atoms with van der Waals surface area (Å²) in [6.45, 7) is 1.89. The van der Waals surface area contributed by atoms with Crippen LogP contribution in [0.15, 0.2) is 24.3 Å². The first-order chi connectivity index (χ1) is 11.0. The van der Waals surface area contributed by atoms with Crippen LogP contribution in [-0.2, 0) is 0 Å². The summed E-state index contributed by atoms with van der Waals surface area (Å²) in [4.78, 5) is 8.99. The molecular weight excluding hydrogens is 335 g/mol. The van der Waals surface area contributed by atoms with E-state index >= 15 is 0 Å². The van der Waals surface area contributed by atoms with E-state index in [1.807, 2.05) is 19.1 Å². The molecule has 1 heterocycles. The lowest BCUT2D eigenvalue weighted by Gasteiger charge is -2.14. The molecular formula is C16H18Cl2N4O. The average Bonchev–Trinajstić information content (AvgIpc) is 3.34. The molecule has 2 aromatic rings. The fourth-order valence-electron chi connectivity index (χ4n) is 2.18. The molecule has 0 aliphatic heterocycles. The van der Waals surface area contributed by atoms with E-state index in [1.165, 1.54) is 0 Å². The lowest BCUT2D eigenvalue weighted by Crippen LogP contribution is -2.21. The highest BCUT2D eigenvalue weighted by molar-refractivity contribution is 6.36. The number of benzene rings is 1. The van der Waals surface area contributed by atoms with E-state index in [0.717, 1.165) is 24.2 Å². The van der Waals surface area contributed by atoms with Crippen molar-refractivity contribution in [1.29, 1.82) is 0 Å². The maximum Gasteiger partial charge on any atom is 0.225 e. The second-order valence-corrected chi connectivity index (χ2v) is 6.60. The Morgan fingerprint density at radius 1 is 1.26 bits per heavy atom. The minimum atomic E-state index is -0.114. The third-order valence-corrected chi connectivity index (χ3v) is 4.13. The van der Waals surface area contributed by atoms with Crippen molar-refractivity contribution >= 4 is 40.7 Å². The molecule has 1 fully saturated rings. The van der Waals surface area contributed by atoms with E-state index in [4.69, 9.17) is 23.2 Å². The number of anilines is 3. The van der Waals surface area contributed by atoms with Gasteiger partial charge >= 0.3 is 0 Å². The van der Waals surface area contributed by atoms with E-state index in [2.05, 4.69) is 20.6 Å². The summed E-state index contributed by atoms with van der Waals surface area (Å²) < 4.78 is 0. The Hall–Kier alpha value is -1.56. The number of hydrogen-bond donors (Lipinski definition) is 3. The number of rotatable bonds is 6. The van der Waals surface area contributed by atoms with Crippen molar-refractivity contribution in [3.05, 3.63) is 40.0 Å². The highest BCUT2D eigenvalue weighted by Crippen LogP contribution is 2.40. The molecule has 0 unspecified atom stereocenters. The monoisotopic (exact) mass is 352 g/mol. The molecule has 7 heteroatoms. The standard InChI is InChI=1S/C16H18Cl2N4O/c1-9(8-23)19-16-21-14(10-2-3-10)7-15(22-16)20-13-5-4-11(17)6-12(13)18/h4-7,9-10,23H,2-3,8H2,1H3,(H2,19,20,21,22)/t9-/m0/s1. The predicted molar refractivity (Wildman–Crippen MR) is 93.9 cm³/mol. The molecule has 0 saturated heterocycles. The number of aliphatic hydroxyl groups excluding tert-OH is 1. The number of nitrogens with one attached hydrogen (secondary N) is 2. The molecule has 1 aromatic carbocycles. The Morgan fingerprint density at radius 2 is 2.04 bits per heavy atom. The molecule has 23 heavy (non-hydrogen) atoms. The Kier molecular flexibility index (Phi) is 4.90. The largest absolute Gasteiger partial charge is 0.394 e. The molecule has 1 aliphatic rings. The average molecular weight is 353 g/mol. The predicted octanol–water partition coefficient (Wildman–Crippen LogP) is 4.20. The van der Waals surface area contributed by atoms with Crippen LogP contribution in [0.5, 0.6) is 0 Å². The van der Waals surface area contributed by atoms with Gasteiger partial charge in [0.25, 0.3) is 0 Å². The molecule has 5 nitrogen and oxygen atoms in total. The molecule has 0 radical (unpaired) electrons. The zero-order chi connectivity index (χ0) is 16.4. The van der Waals surface area contributed by atoms with Gasteiger partial charge in [-0.2, -0.15) is 4.98 Å². The summed E-state index contributed by atoms with van der Waals surface area (Å²) >= 11 is 12.1. The number of aromatic nitrogens is 2. The number of nitrogens with zero attached hydrogens (tertiary/aromatic N) is 2. The maximum absolute atomic E-state index is 9.19. The van der Waals surface area contributed by atoms with E-state index in [-0.39, 0.29) is 12.6 Å². The topological polar surface area (TPSA) is 70.1 Å². The zero-order valence-electron chi connectivity index (χ0n) is 12.7. The highest BCUT2D eigenvalue weighted by atomic mass is 35.5. The Bertz CT molecular complexity index is 706. The molecule has 0 spiro atoms. The lowest BCUT2D eigenvalue weighted by molar-refractivity contribution is 0.281. The van der Waals surface area contributed by atoms with Crippen LogP contribution in [0.4, 0.5) is 17.5 Å². The second kappa shape index (κ2) is 6.91. The number of halogens is 2. The SMILES string of the molecule is C[C@@H](CO)Nc1nc(Nc2ccc(Cl)cc2Cl)cc(C2CC2)n1. The normalized spacial score (nSPS) is 15.3. The molecule has 1 saturated carbocycles. The quantitative estimate of drug-likeness (QED) is 0.726. The lowest BCUT2D eigenvalue weighted by atomic mass is 10.2. The van der Waals surface area contributed by atoms with Gasteiger partial charge < -0.3 is 15.7 Å². The third-order valence-electron chi connectivity index (χ3n) is 3.58. The van der Waals surface area contributed by atoms with Crippen LogP contribution in [-0.4, -0.2) is 27.7 Å². The van der Waals surface area contributed by atoms with Crippen LogP contribution in [0.3, 0.4) is 0 Å². The molecule has 1 aliphatic carbocycles. The van der Waals surface area contributed by atoms with Gasteiger partial charge in [0.2, 0.25) is 5.95 Å². The van der Waals surface area contributed by atoms with Crippen LogP contribution in [0.25, 0.3) is 0 Å². The van der Waals surface area contributed by atoms with Crippen molar-refractivity contribution in [3.8, 4) is 0 Å². The van der Waals surface area contributed by atoms with Crippen LogP contribution >= 0.6 is 23.2 Å². The Labute approximate surface area is 145 Å². The summed E-state index contributed by atoms with van der Waals surface area (Å²) in [6, 6.07) is 7.09. The van der Waals surface area contributed by atoms with Crippen molar-refractivity contribution in [2.45, 2.75) is 31.7 Å². The van der Waals surface area contributed by atoms with Crippen LogP contribution in [0.1, 0.15) is 31.4 Å². The van der Waals surface area contributed by atoms with Crippen molar-refractivity contribution in [2.24, 2.45) is 0 Å². The van der Waals surface area contributed by atoms with Crippen molar-refractivity contribution in [2.75, 3.05) is 17.2 Å². The van der Waals surface area contributed by atoms with Gasteiger partial charge in [0.15, 0.2) is 0 Å². The van der Waals surface area contributed by atoms with E-state index in [9.17, 15) is 5.11 Å². The van der Waals surface area contributed by atoms with Crippen LogP contribution in [0, 0.1) is 0 Å². The van der Waals surface area contributed by atoms with Gasteiger partial charge in [-0.3, -0.25) is 0 Å². The first-order valence-corrected chi connectivity index (χ1v) is 8.29. The summed E-state index contributed by atoms with van der Waals surface area (Å²) in [6.07, 6.45) is 2.29. The van der Waals surface area contributed by atoms with Gasteiger partial charge in [-0.1, -0.05) is 23.2 Å². The molecule has 3 N–H and O–H groups in total. The van der Waals surface area contributed by atoms with E-state index in [1.54, 1.807) is 12.1 Å². The van der Waals surface area contributed by atoms with Crippen molar-refractivity contribution < 1.29 is 5.11 Å². The summed E-state index contributed by atoms with van der Waals surface area (Å²) in [5.41, 5.74) is 1.73.